The Morgan fingerprint density at radius 3 is 2.69 bits per heavy atom. The third-order valence-electron chi connectivity index (χ3n) is 1.64. The molecule has 0 radical (unpaired) electrons. The van der Waals surface area contributed by atoms with E-state index in [0.29, 0.717) is 0 Å². The molecule has 0 aromatic heterocycles. The molecule has 0 aliphatic rings. The van der Waals surface area contributed by atoms with E-state index in [1.807, 2.05) is 31.3 Å². The molecule has 0 spiro atoms. The van der Waals surface area contributed by atoms with E-state index < -0.39 is 0 Å². The van der Waals surface area contributed by atoms with Crippen LogP contribution in [-0.4, -0.2) is 21.1 Å². The minimum absolute atomic E-state index is 0.215. The lowest BCUT2D eigenvalue weighted by Crippen LogP contribution is -2.25. The van der Waals surface area contributed by atoms with Crippen LogP contribution in [0.4, 0.5) is 16.2 Å². The van der Waals surface area contributed by atoms with Crippen molar-refractivity contribution >= 4 is 25.4 Å². The van der Waals surface area contributed by atoms with Crippen LogP contribution in [0.2, 0.25) is 0 Å². The maximum absolute atomic E-state index is 10.9. The van der Waals surface area contributed by atoms with Crippen molar-refractivity contribution in [1.29, 1.82) is 0 Å². The van der Waals surface area contributed by atoms with Crippen LogP contribution in [0.1, 0.15) is 0 Å². The number of amides is 2. The van der Waals surface area contributed by atoms with E-state index >= 15 is 0 Å². The highest BCUT2D eigenvalue weighted by Gasteiger charge is 1.97. The highest BCUT2D eigenvalue weighted by molar-refractivity contribution is 6.16. The summed E-state index contributed by atoms with van der Waals surface area (Å²) in [4.78, 5) is 10.9. The van der Waals surface area contributed by atoms with Gasteiger partial charge in [-0.3, -0.25) is 0 Å². The number of carbonyl (C=O) groups excluding carboxylic acids is 1. The van der Waals surface area contributed by atoms with Gasteiger partial charge in [-0.25, -0.2) is 4.79 Å². The predicted molar refractivity (Wildman–Crippen MR) is 56.7 cm³/mol. The maximum atomic E-state index is 10.9. The topological polar surface area (TPSA) is 53.2 Å². The third kappa shape index (κ3) is 2.70. The van der Waals surface area contributed by atoms with Crippen LogP contribution in [0.3, 0.4) is 0 Å². The average Bonchev–Trinajstić information content (AvgIpc) is 2.18. The molecule has 3 N–H and O–H groups in total. The molecule has 0 bridgehead atoms. The second-order valence-corrected chi connectivity index (χ2v) is 2.53. The zero-order valence-corrected chi connectivity index (χ0v) is 7.72. The largest absolute Gasteiger partial charge is 0.388 e. The van der Waals surface area contributed by atoms with Crippen LogP contribution in [-0.2, 0) is 0 Å². The lowest BCUT2D eigenvalue weighted by Gasteiger charge is -2.06. The number of hydrogen-bond donors (Lipinski definition) is 3. The van der Waals surface area contributed by atoms with Gasteiger partial charge >= 0.3 is 6.03 Å². The summed E-state index contributed by atoms with van der Waals surface area (Å²) in [5, 5.41) is 8.14. The van der Waals surface area contributed by atoms with E-state index in [-0.39, 0.29) is 6.03 Å². The quantitative estimate of drug-likeness (QED) is 0.572. The lowest BCUT2D eigenvalue weighted by atomic mass is 10.3. The van der Waals surface area contributed by atoms with Crippen molar-refractivity contribution in [2.45, 2.75) is 0 Å². The van der Waals surface area contributed by atoms with Gasteiger partial charge in [0.2, 0.25) is 7.98 Å². The van der Waals surface area contributed by atoms with Gasteiger partial charge in [0.25, 0.3) is 0 Å². The Kier molecular flexibility index (Phi) is 3.19. The summed E-state index contributed by atoms with van der Waals surface area (Å²) in [5.41, 5.74) is 1.74. The van der Waals surface area contributed by atoms with Gasteiger partial charge in [-0.15, -0.1) is 0 Å². The SMILES string of the molecule is BNC(=O)Nc1cccc(NC)c1. The number of carbonyl (C=O) groups is 1. The van der Waals surface area contributed by atoms with Crippen molar-refractivity contribution in [3.8, 4) is 0 Å². The maximum Gasteiger partial charge on any atom is 0.306 e. The molecular formula is C8H12BN3O. The van der Waals surface area contributed by atoms with Gasteiger partial charge in [-0.05, 0) is 18.2 Å². The Hall–Kier alpha value is -1.65. The number of hydrogen-bond acceptors (Lipinski definition) is 2. The van der Waals surface area contributed by atoms with Crippen molar-refractivity contribution in [2.24, 2.45) is 0 Å². The number of rotatable bonds is 2. The smallest absolute Gasteiger partial charge is 0.306 e. The van der Waals surface area contributed by atoms with E-state index in [1.54, 1.807) is 7.98 Å². The second kappa shape index (κ2) is 4.40. The number of nitrogens with one attached hydrogen (secondary N) is 3. The summed E-state index contributed by atoms with van der Waals surface area (Å²) in [5.74, 6) is 0. The summed E-state index contributed by atoms with van der Waals surface area (Å²) in [6.45, 7) is 0. The van der Waals surface area contributed by atoms with E-state index in [9.17, 15) is 4.79 Å². The fraction of sp³-hybridized carbons (Fsp3) is 0.125. The van der Waals surface area contributed by atoms with Crippen molar-refractivity contribution in [3.05, 3.63) is 24.3 Å². The molecule has 0 fully saturated rings. The van der Waals surface area contributed by atoms with Crippen LogP contribution in [0.15, 0.2) is 24.3 Å². The first-order valence-corrected chi connectivity index (χ1v) is 4.03. The Balaban J connectivity index is 2.71. The van der Waals surface area contributed by atoms with Crippen LogP contribution in [0.5, 0.6) is 0 Å². The summed E-state index contributed by atoms with van der Waals surface area (Å²) in [6, 6.07) is 7.27. The fourth-order valence-electron chi connectivity index (χ4n) is 0.946. The van der Waals surface area contributed by atoms with E-state index in [4.69, 9.17) is 0 Å². The summed E-state index contributed by atoms with van der Waals surface area (Å²) in [6.07, 6.45) is 0. The fourth-order valence-corrected chi connectivity index (χ4v) is 0.946. The van der Waals surface area contributed by atoms with Crippen LogP contribution < -0.4 is 15.9 Å². The first-order chi connectivity index (χ1) is 6.26. The van der Waals surface area contributed by atoms with E-state index in [0.717, 1.165) is 11.4 Å². The summed E-state index contributed by atoms with van der Waals surface area (Å²) < 4.78 is 0. The molecule has 1 rings (SSSR count). The first-order valence-electron chi connectivity index (χ1n) is 4.03. The van der Waals surface area contributed by atoms with Crippen molar-refractivity contribution in [1.82, 2.24) is 5.23 Å². The van der Waals surface area contributed by atoms with Crippen molar-refractivity contribution in [3.63, 3.8) is 0 Å². The van der Waals surface area contributed by atoms with E-state index in [2.05, 4.69) is 15.9 Å². The molecule has 5 heteroatoms. The minimum Gasteiger partial charge on any atom is -0.388 e. The standard InChI is InChI=1S/C8H12BN3O/c1-10-6-3-2-4-7(5-6)11-8(13)12-9/h2-5,10H,9H2,1H3,(H2,11,12,13). The predicted octanol–water partition coefficient (Wildman–Crippen LogP) is 0.398. The van der Waals surface area contributed by atoms with Crippen LogP contribution in [0.25, 0.3) is 0 Å². The molecule has 0 saturated carbocycles. The Morgan fingerprint density at radius 2 is 2.08 bits per heavy atom. The molecule has 68 valence electrons. The molecule has 0 aliphatic heterocycles. The normalized spacial score (nSPS) is 9.00. The van der Waals surface area contributed by atoms with Crippen LogP contribution in [0, 0.1) is 0 Å². The molecular weight excluding hydrogens is 165 g/mol. The Labute approximate surface area is 78.1 Å². The van der Waals surface area contributed by atoms with Gasteiger partial charge in [-0.2, -0.15) is 0 Å². The number of benzene rings is 1. The zero-order chi connectivity index (χ0) is 9.68. The molecule has 4 nitrogen and oxygen atoms in total. The Bertz CT molecular complexity index is 303. The molecule has 0 aliphatic carbocycles. The molecule has 1 aromatic rings. The third-order valence-corrected chi connectivity index (χ3v) is 1.64. The average molecular weight is 177 g/mol. The Morgan fingerprint density at radius 1 is 1.38 bits per heavy atom. The minimum atomic E-state index is -0.215. The van der Waals surface area contributed by atoms with E-state index in [1.165, 1.54) is 0 Å². The zero-order valence-electron chi connectivity index (χ0n) is 7.72. The first kappa shape index (κ1) is 9.44. The van der Waals surface area contributed by atoms with Gasteiger partial charge in [0.1, 0.15) is 0 Å². The van der Waals surface area contributed by atoms with Gasteiger partial charge in [0, 0.05) is 18.4 Å². The van der Waals surface area contributed by atoms with Crippen molar-refractivity contribution in [2.75, 3.05) is 17.7 Å². The summed E-state index contributed by atoms with van der Waals surface area (Å²) >= 11 is 0. The molecule has 0 atom stereocenters. The van der Waals surface area contributed by atoms with Gasteiger partial charge in [0.05, 0.1) is 0 Å². The van der Waals surface area contributed by atoms with Gasteiger partial charge in [-0.1, -0.05) is 6.07 Å². The molecule has 0 saturated heterocycles. The highest BCUT2D eigenvalue weighted by Crippen LogP contribution is 2.13. The van der Waals surface area contributed by atoms with Crippen LogP contribution >= 0.6 is 0 Å². The number of urea groups is 1. The molecule has 2 amide bonds. The van der Waals surface area contributed by atoms with Gasteiger partial charge < -0.3 is 15.9 Å². The molecule has 1 aromatic carbocycles. The molecule has 13 heavy (non-hydrogen) atoms. The monoisotopic (exact) mass is 177 g/mol. The summed E-state index contributed by atoms with van der Waals surface area (Å²) in [7, 11) is 3.41. The number of anilines is 2. The molecule has 0 heterocycles. The van der Waals surface area contributed by atoms with Gasteiger partial charge in [0.15, 0.2) is 0 Å². The highest BCUT2D eigenvalue weighted by atomic mass is 16.2. The van der Waals surface area contributed by atoms with Crippen molar-refractivity contribution < 1.29 is 4.79 Å². The molecule has 0 unspecified atom stereocenters. The lowest BCUT2D eigenvalue weighted by molar-refractivity contribution is 0.257. The second-order valence-electron chi connectivity index (χ2n) is 2.53.